The minimum Gasteiger partial charge on any atom is -0.357 e. The number of hydrogen-bond donors (Lipinski definition) is 1. The number of halogens is 1. The van der Waals surface area contributed by atoms with Gasteiger partial charge in [-0.05, 0) is 56.5 Å². The van der Waals surface area contributed by atoms with Crippen LogP contribution in [0.5, 0.6) is 0 Å². The molecule has 1 saturated heterocycles. The molecule has 0 saturated carbocycles. The van der Waals surface area contributed by atoms with Crippen LogP contribution in [0.15, 0.2) is 42.6 Å². The molecule has 1 aliphatic rings. The molecule has 1 N–H and O–H groups in total. The lowest BCUT2D eigenvalue weighted by molar-refractivity contribution is 0.102. The Morgan fingerprint density at radius 2 is 1.93 bits per heavy atom. The lowest BCUT2D eigenvalue weighted by atomic mass is 10.1. The number of aromatic nitrogens is 2. The molecule has 1 fully saturated rings. The van der Waals surface area contributed by atoms with Crippen LogP contribution in [-0.4, -0.2) is 29.0 Å². The second kappa shape index (κ2) is 7.31. The first-order valence-corrected chi connectivity index (χ1v) is 9.19. The van der Waals surface area contributed by atoms with Crippen LogP contribution >= 0.6 is 0 Å². The first kappa shape index (κ1) is 17.4. The van der Waals surface area contributed by atoms with E-state index in [4.69, 9.17) is 0 Å². The maximum atomic E-state index is 13.4. The van der Waals surface area contributed by atoms with Gasteiger partial charge in [0.25, 0.3) is 5.91 Å². The minimum absolute atomic E-state index is 0.251. The minimum atomic E-state index is -0.341. The van der Waals surface area contributed by atoms with Crippen LogP contribution in [0.4, 0.5) is 15.9 Å². The van der Waals surface area contributed by atoms with Crippen LogP contribution in [0.3, 0.4) is 0 Å². The molecular formula is C21H21FN4O. The van der Waals surface area contributed by atoms with E-state index < -0.39 is 0 Å². The number of amides is 1. The fraction of sp³-hybridized carbons (Fsp3) is 0.286. The molecular weight excluding hydrogens is 343 g/mol. The van der Waals surface area contributed by atoms with Gasteiger partial charge in [-0.25, -0.2) is 9.37 Å². The van der Waals surface area contributed by atoms with Gasteiger partial charge in [-0.1, -0.05) is 0 Å². The molecule has 0 aliphatic carbocycles. The monoisotopic (exact) mass is 364 g/mol. The Bertz CT molecular complexity index is 981. The largest absolute Gasteiger partial charge is 0.357 e. The molecule has 4 rings (SSSR count). The molecule has 0 unspecified atom stereocenters. The van der Waals surface area contributed by atoms with Crippen molar-refractivity contribution in [1.29, 1.82) is 0 Å². The fourth-order valence-electron chi connectivity index (χ4n) is 3.43. The van der Waals surface area contributed by atoms with E-state index in [9.17, 15) is 9.18 Å². The van der Waals surface area contributed by atoms with Crippen molar-refractivity contribution in [3.63, 3.8) is 0 Å². The molecule has 1 amide bonds. The molecule has 6 heteroatoms. The summed E-state index contributed by atoms with van der Waals surface area (Å²) in [7, 11) is 0. The quantitative estimate of drug-likeness (QED) is 0.752. The Morgan fingerprint density at radius 3 is 2.67 bits per heavy atom. The summed E-state index contributed by atoms with van der Waals surface area (Å²) in [6, 6.07) is 9.91. The summed E-state index contributed by atoms with van der Waals surface area (Å²) in [4.78, 5) is 23.8. The zero-order valence-electron chi connectivity index (χ0n) is 15.2. The molecule has 3 heterocycles. The standard InChI is InChI=1S/C21H21FN4O/c1-14-18(11-15-5-6-16(22)12-19(15)24-14)21(27)25-17-7-8-20(23-13-17)26-9-3-2-4-10-26/h5-8,11-13H,2-4,9-10H2,1H3,(H,25,27). The fourth-order valence-corrected chi connectivity index (χ4v) is 3.43. The van der Waals surface area contributed by atoms with Gasteiger partial charge in [0.15, 0.2) is 0 Å². The van der Waals surface area contributed by atoms with E-state index in [1.165, 1.54) is 31.4 Å². The molecule has 27 heavy (non-hydrogen) atoms. The van der Waals surface area contributed by atoms with Crippen LogP contribution in [0.1, 0.15) is 35.3 Å². The van der Waals surface area contributed by atoms with Crippen molar-refractivity contribution < 1.29 is 9.18 Å². The molecule has 2 aromatic heterocycles. The summed E-state index contributed by atoms with van der Waals surface area (Å²) in [5.41, 5.74) is 2.20. The maximum Gasteiger partial charge on any atom is 0.257 e. The van der Waals surface area contributed by atoms with Gasteiger partial charge in [-0.3, -0.25) is 9.78 Å². The third-order valence-corrected chi connectivity index (χ3v) is 4.90. The lowest BCUT2D eigenvalue weighted by Gasteiger charge is -2.27. The van der Waals surface area contributed by atoms with Gasteiger partial charge in [0.2, 0.25) is 0 Å². The number of anilines is 2. The predicted molar refractivity (Wildman–Crippen MR) is 105 cm³/mol. The van der Waals surface area contributed by atoms with Gasteiger partial charge >= 0.3 is 0 Å². The number of carbonyl (C=O) groups is 1. The van der Waals surface area contributed by atoms with Crippen molar-refractivity contribution in [1.82, 2.24) is 9.97 Å². The predicted octanol–water partition coefficient (Wildman–Crippen LogP) is 4.32. The number of piperidine rings is 1. The maximum absolute atomic E-state index is 13.4. The molecule has 1 aliphatic heterocycles. The molecule has 1 aromatic carbocycles. The van der Waals surface area contributed by atoms with Gasteiger partial charge in [0.1, 0.15) is 11.6 Å². The van der Waals surface area contributed by atoms with E-state index in [-0.39, 0.29) is 11.7 Å². The summed E-state index contributed by atoms with van der Waals surface area (Å²) in [6.07, 6.45) is 5.34. The second-order valence-corrected chi connectivity index (χ2v) is 6.87. The van der Waals surface area contributed by atoms with Crippen LogP contribution < -0.4 is 10.2 Å². The third kappa shape index (κ3) is 3.74. The number of fused-ring (bicyclic) bond motifs is 1. The lowest BCUT2D eigenvalue weighted by Crippen LogP contribution is -2.30. The molecule has 5 nitrogen and oxygen atoms in total. The Hall–Kier alpha value is -3.02. The average molecular weight is 364 g/mol. The van der Waals surface area contributed by atoms with Gasteiger partial charge < -0.3 is 10.2 Å². The highest BCUT2D eigenvalue weighted by Gasteiger charge is 2.14. The van der Waals surface area contributed by atoms with Crippen molar-refractivity contribution >= 4 is 28.3 Å². The number of carbonyl (C=O) groups excluding carboxylic acids is 1. The van der Waals surface area contributed by atoms with Crippen molar-refractivity contribution in [3.8, 4) is 0 Å². The summed E-state index contributed by atoms with van der Waals surface area (Å²) >= 11 is 0. The molecule has 0 atom stereocenters. The first-order valence-electron chi connectivity index (χ1n) is 9.19. The van der Waals surface area contributed by atoms with Crippen LogP contribution in [0.25, 0.3) is 10.9 Å². The molecule has 0 bridgehead atoms. The number of hydrogen-bond acceptors (Lipinski definition) is 4. The highest BCUT2D eigenvalue weighted by atomic mass is 19.1. The first-order chi connectivity index (χ1) is 13.1. The number of rotatable bonds is 3. The number of nitrogens with zero attached hydrogens (tertiary/aromatic N) is 3. The van der Waals surface area contributed by atoms with Crippen molar-refractivity contribution in [2.45, 2.75) is 26.2 Å². The Balaban J connectivity index is 1.52. The zero-order valence-corrected chi connectivity index (χ0v) is 15.2. The molecule has 0 spiro atoms. The number of aryl methyl sites for hydroxylation is 1. The van der Waals surface area contributed by atoms with E-state index in [1.54, 1.807) is 25.3 Å². The highest BCUT2D eigenvalue weighted by molar-refractivity contribution is 6.06. The van der Waals surface area contributed by atoms with Gasteiger partial charge in [-0.15, -0.1) is 0 Å². The van der Waals surface area contributed by atoms with Gasteiger partial charge in [-0.2, -0.15) is 0 Å². The number of nitrogens with one attached hydrogen (secondary N) is 1. The van der Waals surface area contributed by atoms with Crippen molar-refractivity contribution in [3.05, 3.63) is 59.7 Å². The second-order valence-electron chi connectivity index (χ2n) is 6.87. The normalized spacial score (nSPS) is 14.4. The highest BCUT2D eigenvalue weighted by Crippen LogP contribution is 2.21. The Labute approximate surface area is 157 Å². The topological polar surface area (TPSA) is 58.1 Å². The molecule has 0 radical (unpaired) electrons. The molecule has 138 valence electrons. The Morgan fingerprint density at radius 1 is 1.11 bits per heavy atom. The van der Waals surface area contributed by atoms with Crippen LogP contribution in [-0.2, 0) is 0 Å². The van der Waals surface area contributed by atoms with Gasteiger partial charge in [0.05, 0.1) is 28.7 Å². The van der Waals surface area contributed by atoms with E-state index in [0.29, 0.717) is 22.5 Å². The summed E-state index contributed by atoms with van der Waals surface area (Å²) < 4.78 is 13.4. The average Bonchev–Trinajstić information content (AvgIpc) is 2.68. The summed E-state index contributed by atoms with van der Waals surface area (Å²) in [6.45, 7) is 3.81. The third-order valence-electron chi connectivity index (χ3n) is 4.90. The number of pyridine rings is 2. The summed E-state index contributed by atoms with van der Waals surface area (Å²) in [5, 5.41) is 3.60. The Kier molecular flexibility index (Phi) is 4.71. The van der Waals surface area contributed by atoms with E-state index >= 15 is 0 Å². The van der Waals surface area contributed by atoms with Crippen LogP contribution in [0, 0.1) is 12.7 Å². The molecule has 3 aromatic rings. The number of benzene rings is 1. The SMILES string of the molecule is Cc1nc2cc(F)ccc2cc1C(=O)Nc1ccc(N2CCCCC2)nc1. The smallest absolute Gasteiger partial charge is 0.257 e. The van der Waals surface area contributed by atoms with Crippen LogP contribution in [0.2, 0.25) is 0 Å². The van der Waals surface area contributed by atoms with Crippen molar-refractivity contribution in [2.24, 2.45) is 0 Å². The zero-order chi connectivity index (χ0) is 18.8. The van der Waals surface area contributed by atoms with Gasteiger partial charge in [0, 0.05) is 24.5 Å². The van der Waals surface area contributed by atoms with Crippen molar-refractivity contribution in [2.75, 3.05) is 23.3 Å². The summed E-state index contributed by atoms with van der Waals surface area (Å²) in [5.74, 6) is 0.350. The van der Waals surface area contributed by atoms with E-state index in [1.807, 2.05) is 12.1 Å². The van der Waals surface area contributed by atoms with E-state index in [0.717, 1.165) is 24.3 Å². The van der Waals surface area contributed by atoms with E-state index in [2.05, 4.69) is 20.2 Å².